The molecule has 0 aliphatic carbocycles. The van der Waals surface area contributed by atoms with Gasteiger partial charge in [-0.1, -0.05) is 0 Å². The Morgan fingerprint density at radius 3 is 2.32 bits per heavy atom. The van der Waals surface area contributed by atoms with E-state index in [0.29, 0.717) is 31.4 Å². The fourth-order valence-corrected chi connectivity index (χ4v) is 2.85. The van der Waals surface area contributed by atoms with Crippen LogP contribution in [0.2, 0.25) is 0 Å². The van der Waals surface area contributed by atoms with Gasteiger partial charge in [-0.2, -0.15) is 0 Å². The van der Waals surface area contributed by atoms with Crippen molar-refractivity contribution in [1.29, 1.82) is 10.8 Å². The van der Waals surface area contributed by atoms with E-state index in [4.69, 9.17) is 15.6 Å². The van der Waals surface area contributed by atoms with E-state index in [0.717, 1.165) is 12.8 Å². The van der Waals surface area contributed by atoms with Gasteiger partial charge in [0, 0.05) is 37.8 Å². The van der Waals surface area contributed by atoms with Crippen LogP contribution in [0.25, 0.3) is 0 Å². The molecule has 7 nitrogen and oxygen atoms in total. The number of amidine groups is 1. The third-order valence-electron chi connectivity index (χ3n) is 4.14. The SMILES string of the molecule is CC(=N)CC(C(=N)N1CCC(NCC(C)(C)O)CC1)C(=O)OC(C)C. The number of esters is 1. The molecule has 1 aliphatic heterocycles. The lowest BCUT2D eigenvalue weighted by molar-refractivity contribution is -0.150. The molecule has 1 fully saturated rings. The summed E-state index contributed by atoms with van der Waals surface area (Å²) in [5, 5.41) is 29.3. The van der Waals surface area contributed by atoms with E-state index in [1.807, 2.05) is 4.90 Å². The maximum atomic E-state index is 12.3. The lowest BCUT2D eigenvalue weighted by Crippen LogP contribution is -2.50. The number of nitrogens with zero attached hydrogens (tertiary/aromatic N) is 1. The van der Waals surface area contributed by atoms with Gasteiger partial charge in [-0.15, -0.1) is 0 Å². The van der Waals surface area contributed by atoms with Crippen molar-refractivity contribution in [2.24, 2.45) is 5.92 Å². The number of likely N-dealkylation sites (tertiary alicyclic amines) is 1. The minimum Gasteiger partial charge on any atom is -0.462 e. The summed E-state index contributed by atoms with van der Waals surface area (Å²) in [5.41, 5.74) is -0.367. The molecule has 1 atom stereocenters. The van der Waals surface area contributed by atoms with Crippen molar-refractivity contribution in [3.63, 3.8) is 0 Å². The zero-order valence-electron chi connectivity index (χ0n) is 16.2. The Morgan fingerprint density at radius 2 is 1.88 bits per heavy atom. The Morgan fingerprint density at radius 1 is 1.32 bits per heavy atom. The van der Waals surface area contributed by atoms with Crippen LogP contribution in [-0.4, -0.2) is 64.9 Å². The van der Waals surface area contributed by atoms with E-state index in [1.165, 1.54) is 0 Å². The highest BCUT2D eigenvalue weighted by molar-refractivity contribution is 6.02. The average Bonchev–Trinajstić information content (AvgIpc) is 2.49. The highest BCUT2D eigenvalue weighted by Crippen LogP contribution is 2.18. The second-order valence-electron chi connectivity index (χ2n) is 7.86. The topological polar surface area (TPSA) is 110 Å². The zero-order chi connectivity index (χ0) is 19.2. The summed E-state index contributed by atoms with van der Waals surface area (Å²) >= 11 is 0. The number of aliphatic hydroxyl groups is 1. The number of nitrogens with one attached hydrogen (secondary N) is 3. The maximum absolute atomic E-state index is 12.3. The van der Waals surface area contributed by atoms with Gasteiger partial charge in [0.05, 0.1) is 11.7 Å². The first-order valence-corrected chi connectivity index (χ1v) is 9.03. The van der Waals surface area contributed by atoms with Gasteiger partial charge >= 0.3 is 5.97 Å². The Labute approximate surface area is 151 Å². The first kappa shape index (κ1) is 21.6. The van der Waals surface area contributed by atoms with Gasteiger partial charge in [0.2, 0.25) is 0 Å². The van der Waals surface area contributed by atoms with E-state index in [9.17, 15) is 9.90 Å². The minimum absolute atomic E-state index is 0.223. The maximum Gasteiger partial charge on any atom is 0.317 e. The van der Waals surface area contributed by atoms with Gasteiger partial charge in [0.15, 0.2) is 0 Å². The molecular formula is C18H34N4O3. The molecule has 0 spiro atoms. The second kappa shape index (κ2) is 9.29. The van der Waals surface area contributed by atoms with Crippen LogP contribution in [0.3, 0.4) is 0 Å². The quantitative estimate of drug-likeness (QED) is 0.302. The predicted molar refractivity (Wildman–Crippen MR) is 99.4 cm³/mol. The van der Waals surface area contributed by atoms with E-state index in [-0.39, 0.29) is 18.4 Å². The number of hydrogen-bond acceptors (Lipinski definition) is 6. The van der Waals surface area contributed by atoms with Crippen LogP contribution in [0.15, 0.2) is 0 Å². The van der Waals surface area contributed by atoms with E-state index in [1.54, 1.807) is 34.6 Å². The minimum atomic E-state index is -0.739. The van der Waals surface area contributed by atoms with Crippen LogP contribution in [0.1, 0.15) is 53.9 Å². The number of carbonyl (C=O) groups is 1. The Hall–Kier alpha value is -1.47. The number of ether oxygens (including phenoxy) is 1. The molecule has 7 heteroatoms. The highest BCUT2D eigenvalue weighted by Gasteiger charge is 2.32. The molecule has 0 aromatic heterocycles. The Bertz CT molecular complexity index is 477. The monoisotopic (exact) mass is 354 g/mol. The summed E-state index contributed by atoms with van der Waals surface area (Å²) in [6.07, 6.45) is 1.70. The summed E-state index contributed by atoms with van der Waals surface area (Å²) in [6.45, 7) is 10.7. The van der Waals surface area contributed by atoms with Gasteiger partial charge in [-0.05, 0) is 47.5 Å². The predicted octanol–water partition coefficient (Wildman–Crippen LogP) is 1.79. The van der Waals surface area contributed by atoms with Gasteiger partial charge in [-0.25, -0.2) is 0 Å². The molecule has 1 rings (SSSR count). The molecular weight excluding hydrogens is 320 g/mol. The van der Waals surface area contributed by atoms with Crippen LogP contribution in [0.4, 0.5) is 0 Å². The molecule has 0 aromatic carbocycles. The number of piperidine rings is 1. The van der Waals surface area contributed by atoms with E-state index in [2.05, 4.69) is 5.32 Å². The van der Waals surface area contributed by atoms with Crippen molar-refractivity contribution in [2.75, 3.05) is 19.6 Å². The summed E-state index contributed by atoms with van der Waals surface area (Å²) in [5.74, 6) is -0.882. The molecule has 0 amide bonds. The standard InChI is InChI=1S/C18H34N4O3/c1-12(2)25-17(23)15(10-13(3)19)16(20)22-8-6-14(7-9-22)21-11-18(4,5)24/h12,14-15,19-21,24H,6-11H2,1-5H3. The smallest absolute Gasteiger partial charge is 0.317 e. The van der Waals surface area contributed by atoms with Crippen LogP contribution >= 0.6 is 0 Å². The molecule has 0 radical (unpaired) electrons. The largest absolute Gasteiger partial charge is 0.462 e. The molecule has 1 heterocycles. The summed E-state index contributed by atoms with van der Waals surface area (Å²) < 4.78 is 5.28. The van der Waals surface area contributed by atoms with Crippen molar-refractivity contribution in [1.82, 2.24) is 10.2 Å². The molecule has 25 heavy (non-hydrogen) atoms. The lowest BCUT2D eigenvalue weighted by atomic mass is 9.97. The average molecular weight is 354 g/mol. The van der Waals surface area contributed by atoms with Crippen LogP contribution in [-0.2, 0) is 9.53 Å². The first-order chi connectivity index (χ1) is 11.5. The first-order valence-electron chi connectivity index (χ1n) is 9.03. The fraction of sp³-hybridized carbons (Fsp3) is 0.833. The lowest BCUT2D eigenvalue weighted by Gasteiger charge is -2.36. The van der Waals surface area contributed by atoms with Crippen molar-refractivity contribution in [3.05, 3.63) is 0 Å². The normalized spacial score (nSPS) is 17.5. The molecule has 4 N–H and O–H groups in total. The molecule has 1 unspecified atom stereocenters. The van der Waals surface area contributed by atoms with E-state index >= 15 is 0 Å². The third kappa shape index (κ3) is 7.96. The number of hydrogen-bond donors (Lipinski definition) is 4. The molecule has 0 aromatic rings. The summed E-state index contributed by atoms with van der Waals surface area (Å²) in [4.78, 5) is 14.2. The number of rotatable bonds is 8. The fourth-order valence-electron chi connectivity index (χ4n) is 2.85. The molecule has 0 bridgehead atoms. The Kier molecular flexibility index (Phi) is 8.02. The van der Waals surface area contributed by atoms with Crippen molar-refractivity contribution in [2.45, 2.75) is 71.6 Å². The molecule has 0 saturated carbocycles. The molecule has 1 aliphatic rings. The molecule has 144 valence electrons. The van der Waals surface area contributed by atoms with Crippen LogP contribution < -0.4 is 5.32 Å². The van der Waals surface area contributed by atoms with Crippen LogP contribution in [0, 0.1) is 16.7 Å². The van der Waals surface area contributed by atoms with Gasteiger partial charge < -0.3 is 25.5 Å². The van der Waals surface area contributed by atoms with Gasteiger partial charge in [0.1, 0.15) is 11.8 Å². The summed E-state index contributed by atoms with van der Waals surface area (Å²) in [7, 11) is 0. The van der Waals surface area contributed by atoms with E-state index < -0.39 is 17.5 Å². The zero-order valence-corrected chi connectivity index (χ0v) is 16.2. The Balaban J connectivity index is 2.61. The second-order valence-corrected chi connectivity index (χ2v) is 7.86. The third-order valence-corrected chi connectivity index (χ3v) is 4.14. The highest BCUT2D eigenvalue weighted by atomic mass is 16.5. The van der Waals surface area contributed by atoms with Crippen LogP contribution in [0.5, 0.6) is 0 Å². The van der Waals surface area contributed by atoms with Gasteiger partial charge in [-0.3, -0.25) is 10.2 Å². The number of carbonyl (C=O) groups excluding carboxylic acids is 1. The van der Waals surface area contributed by atoms with Crippen molar-refractivity contribution >= 4 is 17.5 Å². The van der Waals surface area contributed by atoms with Crippen molar-refractivity contribution < 1.29 is 14.6 Å². The summed E-state index contributed by atoms with van der Waals surface area (Å²) in [6, 6.07) is 0.306. The molecule has 1 saturated heterocycles. The van der Waals surface area contributed by atoms with Gasteiger partial charge in [0.25, 0.3) is 0 Å². The van der Waals surface area contributed by atoms with Crippen molar-refractivity contribution in [3.8, 4) is 0 Å².